The summed E-state index contributed by atoms with van der Waals surface area (Å²) in [6.45, 7) is 7.51. The van der Waals surface area contributed by atoms with E-state index in [9.17, 15) is 4.79 Å². The maximum absolute atomic E-state index is 12.7. The van der Waals surface area contributed by atoms with Crippen LogP contribution in [0.5, 0.6) is 0 Å². The van der Waals surface area contributed by atoms with E-state index in [4.69, 9.17) is 0 Å². The standard InChI is InChI=1S/C18H27NO/c1-3-7-17(14-19-12-5-4-6-13-19)18(20)16-10-8-15(2)9-11-16/h8-11,17H,3-7,12-14H2,1-2H3. The highest BCUT2D eigenvalue weighted by atomic mass is 16.1. The molecule has 1 saturated heterocycles. The van der Waals surface area contributed by atoms with E-state index in [-0.39, 0.29) is 5.92 Å². The van der Waals surface area contributed by atoms with Crippen LogP contribution in [0, 0.1) is 12.8 Å². The third-order valence-corrected chi connectivity index (χ3v) is 4.27. The molecule has 0 aromatic heterocycles. The van der Waals surface area contributed by atoms with E-state index in [2.05, 4.69) is 18.7 Å². The Balaban J connectivity index is 2.02. The number of likely N-dealkylation sites (tertiary alicyclic amines) is 1. The van der Waals surface area contributed by atoms with Crippen molar-refractivity contribution in [1.29, 1.82) is 0 Å². The van der Waals surface area contributed by atoms with Gasteiger partial charge in [-0.25, -0.2) is 0 Å². The number of Topliss-reactive ketones (excluding diaryl/α,β-unsaturated/α-hetero) is 1. The van der Waals surface area contributed by atoms with Gasteiger partial charge < -0.3 is 4.90 Å². The van der Waals surface area contributed by atoms with Crippen molar-refractivity contribution in [3.05, 3.63) is 35.4 Å². The fraction of sp³-hybridized carbons (Fsp3) is 0.611. The number of hydrogen-bond acceptors (Lipinski definition) is 2. The summed E-state index contributed by atoms with van der Waals surface area (Å²) >= 11 is 0. The van der Waals surface area contributed by atoms with Crippen molar-refractivity contribution in [2.75, 3.05) is 19.6 Å². The van der Waals surface area contributed by atoms with Gasteiger partial charge in [-0.1, -0.05) is 49.6 Å². The second-order valence-corrected chi connectivity index (χ2v) is 6.08. The molecule has 2 heteroatoms. The third kappa shape index (κ3) is 4.17. The lowest BCUT2D eigenvalue weighted by Gasteiger charge is -2.30. The van der Waals surface area contributed by atoms with Gasteiger partial charge in [-0.05, 0) is 39.3 Å². The number of aryl methyl sites for hydroxylation is 1. The van der Waals surface area contributed by atoms with Crippen molar-refractivity contribution in [3.63, 3.8) is 0 Å². The average molecular weight is 273 g/mol. The quantitative estimate of drug-likeness (QED) is 0.728. The molecule has 1 aromatic carbocycles. The molecule has 110 valence electrons. The zero-order valence-electron chi connectivity index (χ0n) is 12.9. The van der Waals surface area contributed by atoms with Crippen molar-refractivity contribution in [2.45, 2.75) is 46.0 Å². The van der Waals surface area contributed by atoms with Crippen molar-refractivity contribution in [2.24, 2.45) is 5.92 Å². The second kappa shape index (κ2) is 7.58. The van der Waals surface area contributed by atoms with Gasteiger partial charge in [0.2, 0.25) is 0 Å². The summed E-state index contributed by atoms with van der Waals surface area (Å²) in [6.07, 6.45) is 6.01. The molecule has 0 N–H and O–H groups in total. The average Bonchev–Trinajstić information content (AvgIpc) is 2.48. The van der Waals surface area contributed by atoms with Gasteiger partial charge in [-0.3, -0.25) is 4.79 Å². The molecule has 0 amide bonds. The molecule has 0 spiro atoms. The SMILES string of the molecule is CCCC(CN1CCCCC1)C(=O)c1ccc(C)cc1. The molecular formula is C18H27NO. The summed E-state index contributed by atoms with van der Waals surface area (Å²) in [7, 11) is 0. The number of ketones is 1. The highest BCUT2D eigenvalue weighted by Gasteiger charge is 2.23. The number of carbonyl (C=O) groups is 1. The number of carbonyl (C=O) groups excluding carboxylic acids is 1. The van der Waals surface area contributed by atoms with Gasteiger partial charge in [0.05, 0.1) is 0 Å². The van der Waals surface area contributed by atoms with Gasteiger partial charge in [0.1, 0.15) is 0 Å². The highest BCUT2D eigenvalue weighted by molar-refractivity contribution is 5.98. The van der Waals surface area contributed by atoms with Crippen LogP contribution < -0.4 is 0 Å². The highest BCUT2D eigenvalue weighted by Crippen LogP contribution is 2.19. The first-order chi connectivity index (χ1) is 9.70. The van der Waals surface area contributed by atoms with Crippen molar-refractivity contribution < 1.29 is 4.79 Å². The van der Waals surface area contributed by atoms with Crippen molar-refractivity contribution in [1.82, 2.24) is 4.90 Å². The molecule has 1 unspecified atom stereocenters. The Morgan fingerprint density at radius 2 is 1.80 bits per heavy atom. The molecule has 0 saturated carbocycles. The molecular weight excluding hydrogens is 246 g/mol. The lowest BCUT2D eigenvalue weighted by molar-refractivity contribution is 0.0858. The molecule has 0 bridgehead atoms. The van der Waals surface area contributed by atoms with E-state index in [1.807, 2.05) is 24.3 Å². The molecule has 2 rings (SSSR count). The van der Waals surface area contributed by atoms with Crippen LogP contribution in [0.15, 0.2) is 24.3 Å². The first kappa shape index (κ1) is 15.2. The lowest BCUT2D eigenvalue weighted by Crippen LogP contribution is -2.36. The second-order valence-electron chi connectivity index (χ2n) is 6.08. The third-order valence-electron chi connectivity index (χ3n) is 4.27. The molecule has 0 aliphatic carbocycles. The Bertz CT molecular complexity index is 418. The molecule has 1 heterocycles. The molecule has 1 aliphatic heterocycles. The number of rotatable bonds is 6. The van der Waals surface area contributed by atoms with Crippen LogP contribution in [-0.2, 0) is 0 Å². The van der Waals surface area contributed by atoms with Crippen molar-refractivity contribution >= 4 is 5.78 Å². The maximum atomic E-state index is 12.7. The summed E-state index contributed by atoms with van der Waals surface area (Å²) in [4.78, 5) is 15.2. The van der Waals surface area contributed by atoms with Crippen LogP contribution >= 0.6 is 0 Å². The number of nitrogens with zero attached hydrogens (tertiary/aromatic N) is 1. The fourth-order valence-corrected chi connectivity index (χ4v) is 3.06. The molecule has 1 aromatic rings. The molecule has 0 radical (unpaired) electrons. The topological polar surface area (TPSA) is 20.3 Å². The molecule has 1 atom stereocenters. The molecule has 1 aliphatic rings. The minimum Gasteiger partial charge on any atom is -0.303 e. The smallest absolute Gasteiger partial charge is 0.167 e. The summed E-state index contributed by atoms with van der Waals surface area (Å²) in [6, 6.07) is 8.04. The largest absolute Gasteiger partial charge is 0.303 e. The predicted octanol–water partition coefficient (Wildman–Crippen LogP) is 4.08. The van der Waals surface area contributed by atoms with Gasteiger partial charge in [-0.15, -0.1) is 0 Å². The Labute approximate surface area is 123 Å². The van der Waals surface area contributed by atoms with Crippen LogP contribution in [0.4, 0.5) is 0 Å². The summed E-state index contributed by atoms with van der Waals surface area (Å²) in [5.41, 5.74) is 2.09. The monoisotopic (exact) mass is 273 g/mol. The molecule has 2 nitrogen and oxygen atoms in total. The van der Waals surface area contributed by atoms with Gasteiger partial charge in [0, 0.05) is 18.0 Å². The van der Waals surface area contributed by atoms with E-state index in [1.54, 1.807) is 0 Å². The Kier molecular flexibility index (Phi) is 5.78. The lowest BCUT2D eigenvalue weighted by atomic mass is 9.92. The Morgan fingerprint density at radius 1 is 1.15 bits per heavy atom. The van der Waals surface area contributed by atoms with E-state index < -0.39 is 0 Å². The zero-order valence-corrected chi connectivity index (χ0v) is 12.9. The minimum absolute atomic E-state index is 0.167. The Hall–Kier alpha value is -1.15. The van der Waals surface area contributed by atoms with Crippen LogP contribution in [0.3, 0.4) is 0 Å². The van der Waals surface area contributed by atoms with E-state index in [0.717, 1.165) is 24.9 Å². The van der Waals surface area contributed by atoms with Crippen LogP contribution in [0.1, 0.15) is 54.9 Å². The fourth-order valence-electron chi connectivity index (χ4n) is 3.06. The van der Waals surface area contributed by atoms with E-state index in [0.29, 0.717) is 5.78 Å². The van der Waals surface area contributed by atoms with Crippen LogP contribution in [0.25, 0.3) is 0 Å². The molecule has 20 heavy (non-hydrogen) atoms. The summed E-state index contributed by atoms with van der Waals surface area (Å²) in [5, 5.41) is 0. The van der Waals surface area contributed by atoms with E-state index in [1.165, 1.54) is 37.9 Å². The number of benzene rings is 1. The van der Waals surface area contributed by atoms with Gasteiger partial charge in [0.25, 0.3) is 0 Å². The van der Waals surface area contributed by atoms with Crippen LogP contribution in [0.2, 0.25) is 0 Å². The zero-order chi connectivity index (χ0) is 14.4. The Morgan fingerprint density at radius 3 is 2.40 bits per heavy atom. The summed E-state index contributed by atoms with van der Waals surface area (Å²) in [5.74, 6) is 0.498. The molecule has 1 fully saturated rings. The minimum atomic E-state index is 0.167. The van der Waals surface area contributed by atoms with Crippen LogP contribution in [-0.4, -0.2) is 30.3 Å². The predicted molar refractivity (Wildman–Crippen MR) is 84.2 cm³/mol. The first-order valence-corrected chi connectivity index (χ1v) is 8.04. The van der Waals surface area contributed by atoms with E-state index >= 15 is 0 Å². The van der Waals surface area contributed by atoms with Gasteiger partial charge in [0.15, 0.2) is 5.78 Å². The number of hydrogen-bond donors (Lipinski definition) is 0. The van der Waals surface area contributed by atoms with Crippen molar-refractivity contribution in [3.8, 4) is 0 Å². The number of piperidine rings is 1. The summed E-state index contributed by atoms with van der Waals surface area (Å²) < 4.78 is 0. The maximum Gasteiger partial charge on any atom is 0.167 e. The first-order valence-electron chi connectivity index (χ1n) is 8.04. The normalized spacial score (nSPS) is 17.9. The van der Waals surface area contributed by atoms with Gasteiger partial charge in [-0.2, -0.15) is 0 Å². The van der Waals surface area contributed by atoms with Gasteiger partial charge >= 0.3 is 0 Å².